The van der Waals surface area contributed by atoms with E-state index in [-0.39, 0.29) is 16.3 Å². The van der Waals surface area contributed by atoms with Crippen LogP contribution in [0.2, 0.25) is 5.02 Å². The van der Waals surface area contributed by atoms with Crippen molar-refractivity contribution < 1.29 is 14.7 Å². The maximum Gasteiger partial charge on any atom is 0.335 e. The van der Waals surface area contributed by atoms with Crippen LogP contribution in [0.5, 0.6) is 0 Å². The van der Waals surface area contributed by atoms with Gasteiger partial charge in [0, 0.05) is 13.2 Å². The zero-order chi connectivity index (χ0) is 15.4. The van der Waals surface area contributed by atoms with Crippen molar-refractivity contribution in [1.29, 1.82) is 0 Å². The smallest absolute Gasteiger partial charge is 0.335 e. The lowest BCUT2D eigenvalue weighted by Crippen LogP contribution is -2.29. The number of carbonyl (C=O) groups excluding carboxylic acids is 1. The van der Waals surface area contributed by atoms with Crippen molar-refractivity contribution in [2.75, 3.05) is 5.32 Å². The Morgan fingerprint density at radius 3 is 2.76 bits per heavy atom. The van der Waals surface area contributed by atoms with Gasteiger partial charge in [-0.05, 0) is 24.3 Å². The third-order valence-electron chi connectivity index (χ3n) is 2.81. The zero-order valence-electron chi connectivity index (χ0n) is 11.1. The van der Waals surface area contributed by atoms with Gasteiger partial charge in [-0.1, -0.05) is 11.6 Å². The van der Waals surface area contributed by atoms with E-state index in [0.717, 1.165) is 5.69 Å². The lowest BCUT2D eigenvalue weighted by Gasteiger charge is -2.10. The van der Waals surface area contributed by atoms with Gasteiger partial charge in [0.1, 0.15) is 0 Å². The van der Waals surface area contributed by atoms with Crippen molar-refractivity contribution >= 4 is 29.3 Å². The van der Waals surface area contributed by atoms with E-state index < -0.39 is 12.0 Å². The lowest BCUT2D eigenvalue weighted by molar-refractivity contribution is 0.0697. The standard InChI is InChI=1S/C13H13ClN4O3/c1-18-9(4-5-16-18)7-15-13(21)17-11-6-8(12(19)20)2-3-10(11)14/h2-6H,7H2,1H3,(H,19,20)(H2,15,17,21). The summed E-state index contributed by atoms with van der Waals surface area (Å²) in [6.45, 7) is 0.290. The van der Waals surface area contributed by atoms with Gasteiger partial charge in [0.25, 0.3) is 0 Å². The molecule has 1 aromatic heterocycles. The Kier molecular flexibility index (Phi) is 4.44. The molecule has 0 bridgehead atoms. The van der Waals surface area contributed by atoms with Crippen LogP contribution >= 0.6 is 11.6 Å². The molecular formula is C13H13ClN4O3. The number of rotatable bonds is 4. The summed E-state index contributed by atoms with van der Waals surface area (Å²) in [5, 5.41) is 18.3. The highest BCUT2D eigenvalue weighted by molar-refractivity contribution is 6.33. The molecule has 0 spiro atoms. The van der Waals surface area contributed by atoms with Crippen LogP contribution in [-0.2, 0) is 13.6 Å². The monoisotopic (exact) mass is 308 g/mol. The quantitative estimate of drug-likeness (QED) is 0.805. The van der Waals surface area contributed by atoms with Crippen molar-refractivity contribution in [1.82, 2.24) is 15.1 Å². The number of carboxylic acid groups (broad SMARTS) is 1. The van der Waals surface area contributed by atoms with Crippen LogP contribution in [-0.4, -0.2) is 26.9 Å². The number of aromatic nitrogens is 2. The van der Waals surface area contributed by atoms with Crippen molar-refractivity contribution in [3.8, 4) is 0 Å². The van der Waals surface area contributed by atoms with E-state index in [0.29, 0.717) is 6.54 Å². The number of hydrogen-bond acceptors (Lipinski definition) is 3. The molecule has 0 atom stereocenters. The van der Waals surface area contributed by atoms with Crippen LogP contribution in [0.1, 0.15) is 16.1 Å². The second kappa shape index (κ2) is 6.27. The maximum atomic E-state index is 11.8. The predicted molar refractivity (Wildman–Crippen MR) is 77.5 cm³/mol. The fraction of sp³-hybridized carbons (Fsp3) is 0.154. The molecule has 0 aliphatic heterocycles. The van der Waals surface area contributed by atoms with Crippen molar-refractivity contribution in [2.24, 2.45) is 7.05 Å². The van der Waals surface area contributed by atoms with Crippen LogP contribution in [0.25, 0.3) is 0 Å². The number of nitrogens with zero attached hydrogens (tertiary/aromatic N) is 2. The summed E-state index contributed by atoms with van der Waals surface area (Å²) >= 11 is 5.92. The summed E-state index contributed by atoms with van der Waals surface area (Å²) < 4.78 is 1.64. The highest BCUT2D eigenvalue weighted by Crippen LogP contribution is 2.23. The predicted octanol–water partition coefficient (Wildman–Crippen LogP) is 2.09. The minimum absolute atomic E-state index is 0.0429. The Hall–Kier alpha value is -2.54. The first-order chi connectivity index (χ1) is 9.97. The highest BCUT2D eigenvalue weighted by Gasteiger charge is 2.10. The molecule has 2 aromatic rings. The minimum atomic E-state index is -1.09. The Balaban J connectivity index is 2.01. The van der Waals surface area contributed by atoms with Gasteiger partial charge in [0.2, 0.25) is 0 Å². The van der Waals surface area contributed by atoms with Crippen LogP contribution in [0.4, 0.5) is 10.5 Å². The number of nitrogens with one attached hydrogen (secondary N) is 2. The molecule has 0 unspecified atom stereocenters. The molecule has 0 aliphatic carbocycles. The van der Waals surface area contributed by atoms with E-state index in [9.17, 15) is 9.59 Å². The summed E-state index contributed by atoms with van der Waals surface area (Å²) in [4.78, 5) is 22.7. The molecule has 1 aromatic carbocycles. The number of carboxylic acids is 1. The third kappa shape index (κ3) is 3.73. The van der Waals surface area contributed by atoms with Gasteiger partial charge in [-0.3, -0.25) is 4.68 Å². The lowest BCUT2D eigenvalue weighted by atomic mass is 10.2. The molecule has 110 valence electrons. The first kappa shape index (κ1) is 14.9. The molecule has 3 N–H and O–H groups in total. The van der Waals surface area contributed by atoms with E-state index in [2.05, 4.69) is 15.7 Å². The number of amides is 2. The summed E-state index contributed by atoms with van der Waals surface area (Å²) in [5.41, 5.74) is 1.11. The van der Waals surface area contributed by atoms with Gasteiger partial charge in [0.05, 0.1) is 28.5 Å². The SMILES string of the molecule is Cn1nccc1CNC(=O)Nc1cc(C(=O)O)ccc1Cl. The number of hydrogen-bond donors (Lipinski definition) is 3. The topological polar surface area (TPSA) is 96.3 Å². The van der Waals surface area contributed by atoms with Gasteiger partial charge in [-0.2, -0.15) is 5.10 Å². The van der Waals surface area contributed by atoms with Gasteiger partial charge < -0.3 is 15.7 Å². The van der Waals surface area contributed by atoms with Crippen molar-refractivity contribution in [3.63, 3.8) is 0 Å². The molecular weight excluding hydrogens is 296 g/mol. The van der Waals surface area contributed by atoms with E-state index in [1.54, 1.807) is 24.0 Å². The van der Waals surface area contributed by atoms with E-state index in [1.165, 1.54) is 18.2 Å². The first-order valence-electron chi connectivity index (χ1n) is 6.02. The summed E-state index contributed by atoms with van der Waals surface area (Å²) in [6.07, 6.45) is 1.63. The molecule has 0 fully saturated rings. The number of urea groups is 1. The van der Waals surface area contributed by atoms with Crippen LogP contribution < -0.4 is 10.6 Å². The second-order valence-corrected chi connectivity index (χ2v) is 4.66. The Bertz CT molecular complexity index is 684. The van der Waals surface area contributed by atoms with E-state index in [1.807, 2.05) is 0 Å². The Morgan fingerprint density at radius 1 is 1.38 bits per heavy atom. The minimum Gasteiger partial charge on any atom is -0.478 e. The third-order valence-corrected chi connectivity index (χ3v) is 3.14. The molecule has 7 nitrogen and oxygen atoms in total. The maximum absolute atomic E-state index is 11.8. The number of benzene rings is 1. The average Bonchev–Trinajstić information content (AvgIpc) is 2.84. The Labute approximate surface area is 125 Å². The normalized spacial score (nSPS) is 10.2. The molecule has 8 heteroatoms. The fourth-order valence-electron chi connectivity index (χ4n) is 1.67. The zero-order valence-corrected chi connectivity index (χ0v) is 11.9. The van der Waals surface area contributed by atoms with Crippen LogP contribution in [0, 0.1) is 0 Å². The number of aryl methyl sites for hydroxylation is 1. The summed E-state index contributed by atoms with van der Waals surface area (Å²) in [7, 11) is 1.77. The van der Waals surface area contributed by atoms with Gasteiger partial charge in [-0.15, -0.1) is 0 Å². The molecule has 0 saturated heterocycles. The van der Waals surface area contributed by atoms with Gasteiger partial charge in [0.15, 0.2) is 0 Å². The van der Waals surface area contributed by atoms with Gasteiger partial charge in [-0.25, -0.2) is 9.59 Å². The number of halogens is 1. The van der Waals surface area contributed by atoms with Gasteiger partial charge >= 0.3 is 12.0 Å². The summed E-state index contributed by atoms with van der Waals surface area (Å²) in [5.74, 6) is -1.09. The highest BCUT2D eigenvalue weighted by atomic mass is 35.5. The largest absolute Gasteiger partial charge is 0.478 e. The first-order valence-corrected chi connectivity index (χ1v) is 6.39. The number of aromatic carboxylic acids is 1. The van der Waals surface area contributed by atoms with Crippen molar-refractivity contribution in [2.45, 2.75) is 6.54 Å². The molecule has 0 radical (unpaired) electrons. The van der Waals surface area contributed by atoms with E-state index in [4.69, 9.17) is 16.7 Å². The van der Waals surface area contributed by atoms with Crippen LogP contribution in [0.3, 0.4) is 0 Å². The molecule has 1 heterocycles. The molecule has 2 amide bonds. The molecule has 21 heavy (non-hydrogen) atoms. The molecule has 0 saturated carbocycles. The van der Waals surface area contributed by atoms with Crippen molar-refractivity contribution in [3.05, 3.63) is 46.7 Å². The second-order valence-electron chi connectivity index (χ2n) is 4.25. The summed E-state index contributed by atoms with van der Waals surface area (Å²) in [6, 6.07) is 5.37. The number of anilines is 1. The average molecular weight is 309 g/mol. The van der Waals surface area contributed by atoms with Crippen LogP contribution in [0.15, 0.2) is 30.5 Å². The fourth-order valence-corrected chi connectivity index (χ4v) is 1.83. The molecule has 2 rings (SSSR count). The molecule has 0 aliphatic rings. The Morgan fingerprint density at radius 2 is 2.14 bits per heavy atom. The van der Waals surface area contributed by atoms with E-state index >= 15 is 0 Å². The number of carbonyl (C=O) groups is 2.